The fraction of sp³-hybridized carbons (Fsp3) is 0.148. The molecule has 0 aromatic heterocycles. The van der Waals surface area contributed by atoms with Crippen molar-refractivity contribution in [1.29, 1.82) is 0 Å². The van der Waals surface area contributed by atoms with E-state index in [0.717, 1.165) is 21.6 Å². The second kappa shape index (κ2) is 10.6. The Labute approximate surface area is 211 Å². The van der Waals surface area contributed by atoms with Gasteiger partial charge in [-0.2, -0.15) is 0 Å². The van der Waals surface area contributed by atoms with Gasteiger partial charge in [0, 0.05) is 5.69 Å². The van der Waals surface area contributed by atoms with Crippen molar-refractivity contribution in [2.45, 2.75) is 20.5 Å². The molecule has 0 spiro atoms. The Morgan fingerprint density at radius 3 is 2.49 bits per heavy atom. The molecule has 4 amide bonds. The maximum absolute atomic E-state index is 12.8. The van der Waals surface area contributed by atoms with Gasteiger partial charge in [0.2, 0.25) is 5.91 Å². The van der Waals surface area contributed by atoms with Crippen LogP contribution in [0.2, 0.25) is 0 Å². The molecule has 2 N–H and O–H groups in total. The first-order valence-corrected chi connectivity index (χ1v) is 11.8. The minimum atomic E-state index is -0.641. The van der Waals surface area contributed by atoms with E-state index in [0.29, 0.717) is 28.1 Å². The quantitative estimate of drug-likeness (QED) is 0.323. The summed E-state index contributed by atoms with van der Waals surface area (Å²) < 4.78 is 6.61. The number of rotatable bonds is 7. The van der Waals surface area contributed by atoms with Crippen LogP contribution in [0.4, 0.5) is 10.5 Å². The lowest BCUT2D eigenvalue weighted by Crippen LogP contribution is -2.38. The zero-order valence-corrected chi connectivity index (χ0v) is 20.9. The molecule has 4 rings (SSSR count). The largest absolute Gasteiger partial charge is 0.488 e. The summed E-state index contributed by atoms with van der Waals surface area (Å²) in [5.74, 6) is -0.367. The van der Waals surface area contributed by atoms with Gasteiger partial charge in [0.1, 0.15) is 24.6 Å². The van der Waals surface area contributed by atoms with Gasteiger partial charge in [-0.1, -0.05) is 48.0 Å². The number of hydrogen-bond donors (Lipinski definition) is 2. The summed E-state index contributed by atoms with van der Waals surface area (Å²) in [6, 6.07) is 20.1. The van der Waals surface area contributed by atoms with Crippen molar-refractivity contribution in [2.75, 3.05) is 11.9 Å². The molecule has 1 heterocycles. The molecule has 8 heteroatoms. The van der Waals surface area contributed by atoms with E-state index in [2.05, 4.69) is 32.6 Å². The molecule has 1 aliphatic heterocycles. The molecule has 0 unspecified atom stereocenters. The molecule has 1 saturated heterocycles. The van der Waals surface area contributed by atoms with Gasteiger partial charge in [-0.15, -0.1) is 0 Å². The number of benzene rings is 3. The summed E-state index contributed by atoms with van der Waals surface area (Å²) in [6.07, 6.45) is 1.56. The number of nitrogens with one attached hydrogen (secondary N) is 2. The van der Waals surface area contributed by atoms with E-state index >= 15 is 0 Å². The Morgan fingerprint density at radius 1 is 1.03 bits per heavy atom. The van der Waals surface area contributed by atoms with E-state index in [1.54, 1.807) is 36.4 Å². The highest BCUT2D eigenvalue weighted by Gasteiger charge is 2.34. The molecule has 3 aromatic rings. The minimum absolute atomic E-state index is 0.0960. The zero-order valence-electron chi connectivity index (χ0n) is 19.3. The molecule has 0 aliphatic carbocycles. The average Bonchev–Trinajstić information content (AvgIpc) is 3.06. The van der Waals surface area contributed by atoms with Gasteiger partial charge in [-0.3, -0.25) is 9.59 Å². The van der Waals surface area contributed by atoms with E-state index < -0.39 is 17.8 Å². The van der Waals surface area contributed by atoms with Crippen LogP contribution in [-0.2, 0) is 16.2 Å². The fourth-order valence-electron chi connectivity index (χ4n) is 3.64. The normalized spacial score (nSPS) is 14.3. The third-order valence-corrected chi connectivity index (χ3v) is 5.93. The van der Waals surface area contributed by atoms with Gasteiger partial charge >= 0.3 is 6.03 Å². The van der Waals surface area contributed by atoms with Crippen molar-refractivity contribution < 1.29 is 19.1 Å². The number of amides is 4. The van der Waals surface area contributed by atoms with Crippen LogP contribution in [0.25, 0.3) is 6.08 Å². The number of halogens is 1. The number of urea groups is 1. The van der Waals surface area contributed by atoms with Crippen LogP contribution >= 0.6 is 15.9 Å². The lowest BCUT2D eigenvalue weighted by Gasteiger charge is -2.12. The standard InChI is InChI=1S/C27H24BrN3O4/c1-17-5-3-7-20(11-17)16-35-24-10-9-19(13-22(24)28)14-23-26(33)31(27(34)30-23)15-25(32)29-21-8-4-6-18(2)12-21/h3-14H,15-16H2,1-2H3,(H,29,32)(H,30,34)/b23-14+. The highest BCUT2D eigenvalue weighted by Crippen LogP contribution is 2.28. The van der Waals surface area contributed by atoms with Crippen LogP contribution in [0.5, 0.6) is 5.75 Å². The van der Waals surface area contributed by atoms with Gasteiger partial charge in [0.25, 0.3) is 5.91 Å². The molecule has 0 bridgehead atoms. The molecule has 7 nitrogen and oxygen atoms in total. The van der Waals surface area contributed by atoms with Crippen LogP contribution in [0.15, 0.2) is 76.9 Å². The second-order valence-corrected chi connectivity index (χ2v) is 9.12. The summed E-state index contributed by atoms with van der Waals surface area (Å²) >= 11 is 3.50. The average molecular weight is 534 g/mol. The van der Waals surface area contributed by atoms with Gasteiger partial charge in [-0.25, -0.2) is 9.69 Å². The number of carbonyl (C=O) groups is 3. The van der Waals surface area contributed by atoms with Crippen molar-refractivity contribution in [1.82, 2.24) is 10.2 Å². The van der Waals surface area contributed by atoms with Crippen LogP contribution in [0.1, 0.15) is 22.3 Å². The number of hydrogen-bond acceptors (Lipinski definition) is 4. The van der Waals surface area contributed by atoms with Crippen molar-refractivity contribution >= 4 is 45.5 Å². The predicted molar refractivity (Wildman–Crippen MR) is 138 cm³/mol. The number of imide groups is 1. The van der Waals surface area contributed by atoms with Gasteiger partial charge < -0.3 is 15.4 Å². The smallest absolute Gasteiger partial charge is 0.329 e. The Morgan fingerprint density at radius 2 is 1.77 bits per heavy atom. The molecular weight excluding hydrogens is 510 g/mol. The van der Waals surface area contributed by atoms with Crippen molar-refractivity contribution in [2.24, 2.45) is 0 Å². The number of ether oxygens (including phenoxy) is 1. The molecule has 3 aromatic carbocycles. The maximum atomic E-state index is 12.8. The van der Waals surface area contributed by atoms with E-state index in [4.69, 9.17) is 4.74 Å². The highest BCUT2D eigenvalue weighted by molar-refractivity contribution is 9.10. The molecule has 0 radical (unpaired) electrons. The van der Waals surface area contributed by atoms with Crippen molar-refractivity contribution in [3.05, 3.63) is 99.2 Å². The SMILES string of the molecule is Cc1cccc(COc2ccc(/C=C3/NC(=O)N(CC(=O)Nc4cccc(C)c4)C3=O)cc2Br)c1. The van der Waals surface area contributed by atoms with Crippen LogP contribution in [0, 0.1) is 13.8 Å². The second-order valence-electron chi connectivity index (χ2n) is 8.26. The summed E-state index contributed by atoms with van der Waals surface area (Å²) in [5.41, 5.74) is 4.60. The maximum Gasteiger partial charge on any atom is 0.329 e. The van der Waals surface area contributed by atoms with E-state index in [-0.39, 0.29) is 12.2 Å². The van der Waals surface area contributed by atoms with E-state index in [1.165, 1.54) is 0 Å². The first-order valence-electron chi connectivity index (χ1n) is 11.0. The van der Waals surface area contributed by atoms with Gasteiger partial charge in [-0.05, 0) is 76.8 Å². The Bertz CT molecular complexity index is 1340. The lowest BCUT2D eigenvalue weighted by molar-refractivity contribution is -0.127. The number of nitrogens with zero attached hydrogens (tertiary/aromatic N) is 1. The topological polar surface area (TPSA) is 87.7 Å². The summed E-state index contributed by atoms with van der Waals surface area (Å²) in [4.78, 5) is 38.4. The lowest BCUT2D eigenvalue weighted by atomic mass is 10.1. The molecule has 1 aliphatic rings. The van der Waals surface area contributed by atoms with Gasteiger partial charge in [0.15, 0.2) is 0 Å². The van der Waals surface area contributed by atoms with Crippen molar-refractivity contribution in [3.8, 4) is 5.75 Å². The van der Waals surface area contributed by atoms with Crippen LogP contribution in [0.3, 0.4) is 0 Å². The third-order valence-electron chi connectivity index (χ3n) is 5.31. The number of aryl methyl sites for hydroxylation is 2. The Hall–Kier alpha value is -3.91. The molecular formula is C27H24BrN3O4. The van der Waals surface area contributed by atoms with E-state index in [9.17, 15) is 14.4 Å². The first-order chi connectivity index (χ1) is 16.8. The molecule has 178 valence electrons. The van der Waals surface area contributed by atoms with Crippen molar-refractivity contribution in [3.63, 3.8) is 0 Å². The third kappa shape index (κ3) is 6.16. The Balaban J connectivity index is 1.40. The molecule has 1 fully saturated rings. The van der Waals surface area contributed by atoms with Crippen LogP contribution < -0.4 is 15.4 Å². The summed E-state index contributed by atoms with van der Waals surface area (Å²) in [7, 11) is 0. The highest BCUT2D eigenvalue weighted by atomic mass is 79.9. The molecule has 35 heavy (non-hydrogen) atoms. The first kappa shape index (κ1) is 24.2. The number of anilines is 1. The van der Waals surface area contributed by atoms with E-state index in [1.807, 2.05) is 44.2 Å². The van der Waals surface area contributed by atoms with Gasteiger partial charge in [0.05, 0.1) is 4.47 Å². The number of carbonyl (C=O) groups excluding carboxylic acids is 3. The zero-order chi connectivity index (χ0) is 24.9. The summed E-state index contributed by atoms with van der Waals surface area (Å²) in [5, 5.41) is 5.24. The molecule has 0 saturated carbocycles. The fourth-order valence-corrected chi connectivity index (χ4v) is 4.15. The molecule has 0 atom stereocenters. The summed E-state index contributed by atoms with van der Waals surface area (Å²) in [6.45, 7) is 3.98. The Kier molecular flexibility index (Phi) is 7.31. The minimum Gasteiger partial charge on any atom is -0.488 e. The van der Waals surface area contributed by atoms with Crippen LogP contribution in [-0.4, -0.2) is 29.3 Å². The predicted octanol–water partition coefficient (Wildman–Crippen LogP) is 5.18. The monoisotopic (exact) mass is 533 g/mol.